The van der Waals surface area contributed by atoms with Gasteiger partial charge in [-0.2, -0.15) is 0 Å². The Morgan fingerprint density at radius 1 is 1.24 bits per heavy atom. The molecule has 2 aliphatic heterocycles. The predicted molar refractivity (Wildman–Crippen MR) is 69.0 cm³/mol. The highest BCUT2D eigenvalue weighted by Crippen LogP contribution is 2.11. The summed E-state index contributed by atoms with van der Waals surface area (Å²) in [5, 5.41) is 3.27. The zero-order valence-corrected chi connectivity index (χ0v) is 11.0. The molecule has 0 aliphatic carbocycles. The molecule has 0 aromatic heterocycles. The van der Waals surface area contributed by atoms with Crippen LogP contribution in [-0.2, 0) is 4.79 Å². The molecule has 0 aromatic carbocycles. The van der Waals surface area contributed by atoms with E-state index in [1.165, 1.54) is 25.7 Å². The van der Waals surface area contributed by atoms with E-state index in [9.17, 15) is 4.79 Å². The van der Waals surface area contributed by atoms with Crippen LogP contribution in [-0.4, -0.2) is 61.0 Å². The summed E-state index contributed by atoms with van der Waals surface area (Å²) < 4.78 is 0. The fraction of sp³-hybridized carbons (Fsp3) is 0.923. The highest BCUT2D eigenvalue weighted by Gasteiger charge is 2.26. The molecular weight excluding hydrogens is 214 g/mol. The Balaban J connectivity index is 1.81. The molecule has 4 heteroatoms. The molecule has 0 aromatic rings. The molecule has 2 rings (SSSR count). The van der Waals surface area contributed by atoms with Gasteiger partial charge in [0.2, 0.25) is 5.91 Å². The fourth-order valence-corrected chi connectivity index (χ4v) is 2.62. The summed E-state index contributed by atoms with van der Waals surface area (Å²) >= 11 is 0. The molecule has 2 saturated heterocycles. The van der Waals surface area contributed by atoms with Gasteiger partial charge in [0.25, 0.3) is 0 Å². The lowest BCUT2D eigenvalue weighted by atomic mass is 10.1. The summed E-state index contributed by atoms with van der Waals surface area (Å²) in [6, 6.07) is 0.580. The summed E-state index contributed by atoms with van der Waals surface area (Å²) in [6.07, 6.45) is 4.94. The molecule has 17 heavy (non-hydrogen) atoms. The van der Waals surface area contributed by atoms with Gasteiger partial charge in [0, 0.05) is 32.2 Å². The first-order chi connectivity index (χ1) is 8.31. The maximum absolute atomic E-state index is 12.2. The molecule has 0 bridgehead atoms. The lowest BCUT2D eigenvalue weighted by Crippen LogP contribution is -2.59. The largest absolute Gasteiger partial charge is 0.342 e. The molecule has 1 amide bonds. The van der Waals surface area contributed by atoms with Crippen molar-refractivity contribution in [2.75, 3.05) is 39.3 Å². The van der Waals surface area contributed by atoms with Crippen LogP contribution in [0.3, 0.4) is 0 Å². The van der Waals surface area contributed by atoms with E-state index in [1.54, 1.807) is 0 Å². The zero-order chi connectivity index (χ0) is 12.1. The van der Waals surface area contributed by atoms with Crippen molar-refractivity contribution in [3.63, 3.8) is 0 Å². The van der Waals surface area contributed by atoms with Gasteiger partial charge in [-0.05, 0) is 19.4 Å². The van der Waals surface area contributed by atoms with Gasteiger partial charge in [-0.3, -0.25) is 9.69 Å². The summed E-state index contributed by atoms with van der Waals surface area (Å²) in [7, 11) is 0. The lowest BCUT2D eigenvalue weighted by molar-refractivity contribution is -0.133. The first kappa shape index (κ1) is 12.8. The van der Waals surface area contributed by atoms with Crippen LogP contribution >= 0.6 is 0 Å². The van der Waals surface area contributed by atoms with Gasteiger partial charge < -0.3 is 10.2 Å². The molecule has 2 fully saturated rings. The van der Waals surface area contributed by atoms with Crippen molar-refractivity contribution in [1.82, 2.24) is 15.1 Å². The molecule has 0 saturated carbocycles. The lowest BCUT2D eigenvalue weighted by Gasteiger charge is -2.38. The van der Waals surface area contributed by atoms with Crippen LogP contribution in [0.5, 0.6) is 0 Å². The molecular formula is C13H25N3O. The van der Waals surface area contributed by atoms with Gasteiger partial charge in [-0.15, -0.1) is 0 Å². The number of carbonyl (C=O) groups excluding carboxylic acids is 1. The van der Waals surface area contributed by atoms with E-state index in [1.807, 2.05) is 0 Å². The van der Waals surface area contributed by atoms with Gasteiger partial charge in [-0.25, -0.2) is 0 Å². The van der Waals surface area contributed by atoms with Crippen LogP contribution in [0, 0.1) is 0 Å². The van der Waals surface area contributed by atoms with E-state index < -0.39 is 0 Å². The predicted octanol–water partition coefficient (Wildman–Crippen LogP) is 0.683. The number of carbonyl (C=O) groups is 1. The number of rotatable bonds is 4. The second kappa shape index (κ2) is 6.36. The number of likely N-dealkylation sites (tertiary alicyclic amines) is 1. The van der Waals surface area contributed by atoms with E-state index in [0.29, 0.717) is 18.5 Å². The average Bonchev–Trinajstić information content (AvgIpc) is 2.54. The van der Waals surface area contributed by atoms with Crippen molar-refractivity contribution in [1.29, 1.82) is 0 Å². The van der Waals surface area contributed by atoms with Crippen molar-refractivity contribution in [2.24, 2.45) is 0 Å². The number of likely N-dealkylation sites (N-methyl/N-ethyl adjacent to an activating group) is 1. The highest BCUT2D eigenvalue weighted by atomic mass is 16.2. The van der Waals surface area contributed by atoms with E-state index >= 15 is 0 Å². The van der Waals surface area contributed by atoms with E-state index in [0.717, 1.165) is 32.7 Å². The van der Waals surface area contributed by atoms with Gasteiger partial charge in [0.15, 0.2) is 0 Å². The van der Waals surface area contributed by atoms with E-state index in [2.05, 4.69) is 22.0 Å². The third-order valence-electron chi connectivity index (χ3n) is 3.98. The van der Waals surface area contributed by atoms with Crippen LogP contribution in [0.4, 0.5) is 0 Å². The average molecular weight is 239 g/mol. The minimum Gasteiger partial charge on any atom is -0.342 e. The van der Waals surface area contributed by atoms with Crippen LogP contribution in [0.15, 0.2) is 0 Å². The van der Waals surface area contributed by atoms with Gasteiger partial charge in [-0.1, -0.05) is 19.8 Å². The second-order valence-corrected chi connectivity index (χ2v) is 5.17. The monoisotopic (exact) mass is 239 g/mol. The smallest absolute Gasteiger partial charge is 0.236 e. The van der Waals surface area contributed by atoms with Crippen LogP contribution in [0.25, 0.3) is 0 Å². The normalized spacial score (nSPS) is 22.4. The minimum absolute atomic E-state index is 0.334. The van der Waals surface area contributed by atoms with Crippen molar-refractivity contribution >= 4 is 5.91 Å². The Kier molecular flexibility index (Phi) is 4.80. The minimum atomic E-state index is 0.334. The fourth-order valence-electron chi connectivity index (χ4n) is 2.62. The van der Waals surface area contributed by atoms with Crippen molar-refractivity contribution < 1.29 is 4.79 Å². The standard InChI is InChI=1S/C13H25N3O/c1-2-15(12-9-14-10-12)11-13(17)16-7-5-3-4-6-8-16/h12,14H,2-11H2,1H3. The zero-order valence-electron chi connectivity index (χ0n) is 11.0. The van der Waals surface area contributed by atoms with Gasteiger partial charge in [0.1, 0.15) is 0 Å². The number of hydrogen-bond acceptors (Lipinski definition) is 3. The Morgan fingerprint density at radius 2 is 1.88 bits per heavy atom. The van der Waals surface area contributed by atoms with Crippen molar-refractivity contribution in [3.8, 4) is 0 Å². The Bertz CT molecular complexity index is 245. The molecule has 1 N–H and O–H groups in total. The highest BCUT2D eigenvalue weighted by molar-refractivity contribution is 5.78. The first-order valence-electron chi connectivity index (χ1n) is 7.04. The molecule has 0 atom stereocenters. The number of nitrogens with zero attached hydrogens (tertiary/aromatic N) is 2. The summed E-state index contributed by atoms with van der Waals surface area (Å²) in [4.78, 5) is 16.6. The number of hydrogen-bond donors (Lipinski definition) is 1. The summed E-state index contributed by atoms with van der Waals surface area (Å²) in [5.74, 6) is 0.334. The molecule has 0 unspecified atom stereocenters. The summed E-state index contributed by atoms with van der Waals surface area (Å²) in [6.45, 7) is 7.77. The SMILES string of the molecule is CCN(CC(=O)N1CCCCCC1)C1CNC1. The van der Waals surface area contributed by atoms with Crippen molar-refractivity contribution in [3.05, 3.63) is 0 Å². The van der Waals surface area contributed by atoms with E-state index in [-0.39, 0.29) is 0 Å². The van der Waals surface area contributed by atoms with Crippen LogP contribution in [0.1, 0.15) is 32.6 Å². The van der Waals surface area contributed by atoms with Crippen molar-refractivity contribution in [2.45, 2.75) is 38.6 Å². The number of nitrogens with one attached hydrogen (secondary N) is 1. The Labute approximate surface area is 104 Å². The third-order valence-corrected chi connectivity index (χ3v) is 3.98. The van der Waals surface area contributed by atoms with Crippen LogP contribution in [0.2, 0.25) is 0 Å². The first-order valence-corrected chi connectivity index (χ1v) is 7.04. The second-order valence-electron chi connectivity index (χ2n) is 5.17. The molecule has 2 aliphatic rings. The quantitative estimate of drug-likeness (QED) is 0.784. The molecule has 0 radical (unpaired) electrons. The van der Waals surface area contributed by atoms with E-state index in [4.69, 9.17) is 0 Å². The molecule has 4 nitrogen and oxygen atoms in total. The molecule has 98 valence electrons. The third kappa shape index (κ3) is 3.42. The maximum Gasteiger partial charge on any atom is 0.236 e. The Hall–Kier alpha value is -0.610. The molecule has 0 spiro atoms. The molecule has 2 heterocycles. The van der Waals surface area contributed by atoms with Crippen LogP contribution < -0.4 is 5.32 Å². The van der Waals surface area contributed by atoms with Gasteiger partial charge in [0.05, 0.1) is 6.54 Å². The number of amides is 1. The van der Waals surface area contributed by atoms with Gasteiger partial charge >= 0.3 is 0 Å². The Morgan fingerprint density at radius 3 is 2.35 bits per heavy atom. The topological polar surface area (TPSA) is 35.6 Å². The maximum atomic E-state index is 12.2. The summed E-state index contributed by atoms with van der Waals surface area (Å²) in [5.41, 5.74) is 0.